The molecule has 1 unspecified atom stereocenters. The van der Waals surface area contributed by atoms with Crippen molar-refractivity contribution in [3.8, 4) is 0 Å². The summed E-state index contributed by atoms with van der Waals surface area (Å²) in [6, 6.07) is 13.0. The van der Waals surface area contributed by atoms with Gasteiger partial charge < -0.3 is 5.32 Å². The zero-order valence-electron chi connectivity index (χ0n) is 12.0. The van der Waals surface area contributed by atoms with Gasteiger partial charge in [-0.05, 0) is 42.2 Å². The Balaban J connectivity index is 2.13. The van der Waals surface area contributed by atoms with E-state index in [9.17, 15) is 4.39 Å². The van der Waals surface area contributed by atoms with E-state index in [1.54, 1.807) is 6.07 Å². The molecule has 0 bridgehead atoms. The quantitative estimate of drug-likeness (QED) is 0.753. The summed E-state index contributed by atoms with van der Waals surface area (Å²) in [5.41, 5.74) is 3.24. The Morgan fingerprint density at radius 3 is 2.10 bits per heavy atom. The molecule has 0 aliphatic carbocycles. The van der Waals surface area contributed by atoms with Crippen LogP contribution in [0.5, 0.6) is 0 Å². The van der Waals surface area contributed by atoms with Crippen LogP contribution in [0.15, 0.2) is 42.5 Å². The van der Waals surface area contributed by atoms with Crippen LogP contribution < -0.4 is 5.32 Å². The van der Waals surface area contributed by atoms with Crippen molar-refractivity contribution in [1.29, 1.82) is 0 Å². The summed E-state index contributed by atoms with van der Waals surface area (Å²) in [5, 5.41) is 3.70. The Kier molecular flexibility index (Phi) is 4.66. The number of halogens is 2. The first kappa shape index (κ1) is 14.9. The van der Waals surface area contributed by atoms with E-state index < -0.39 is 0 Å². The molecule has 0 aliphatic rings. The highest BCUT2D eigenvalue weighted by Crippen LogP contribution is 2.27. The fourth-order valence-electron chi connectivity index (χ4n) is 2.09. The molecule has 0 aliphatic heterocycles. The molecule has 106 valence electrons. The molecule has 3 heteroatoms. The first-order valence-electron chi connectivity index (χ1n) is 6.79. The van der Waals surface area contributed by atoms with Crippen LogP contribution in [0.1, 0.15) is 43.9 Å². The van der Waals surface area contributed by atoms with E-state index in [0.29, 0.717) is 10.9 Å². The van der Waals surface area contributed by atoms with E-state index in [1.807, 2.05) is 0 Å². The summed E-state index contributed by atoms with van der Waals surface area (Å²) in [7, 11) is 0. The fraction of sp³-hybridized carbons (Fsp3) is 0.294. The minimum atomic E-state index is -0.325. The zero-order chi connectivity index (χ0) is 14.7. The van der Waals surface area contributed by atoms with Gasteiger partial charge in [-0.15, -0.1) is 0 Å². The average molecular weight is 292 g/mol. The molecule has 1 atom stereocenters. The molecule has 2 aromatic carbocycles. The Labute approximate surface area is 124 Å². The first-order chi connectivity index (χ1) is 9.47. The summed E-state index contributed by atoms with van der Waals surface area (Å²) in [4.78, 5) is 0. The number of hydrogen-bond donors (Lipinski definition) is 1. The van der Waals surface area contributed by atoms with E-state index in [0.717, 1.165) is 5.69 Å². The molecular weight excluding hydrogens is 273 g/mol. The van der Waals surface area contributed by atoms with Gasteiger partial charge in [-0.25, -0.2) is 4.39 Å². The van der Waals surface area contributed by atoms with Gasteiger partial charge in [-0.1, -0.05) is 49.7 Å². The lowest BCUT2D eigenvalue weighted by molar-refractivity contribution is 0.628. The smallest absolute Gasteiger partial charge is 0.124 e. The highest BCUT2D eigenvalue weighted by atomic mass is 35.5. The molecule has 0 aromatic heterocycles. The first-order valence-corrected chi connectivity index (χ1v) is 7.16. The van der Waals surface area contributed by atoms with Gasteiger partial charge in [-0.2, -0.15) is 0 Å². The molecule has 0 fully saturated rings. The number of rotatable bonds is 4. The summed E-state index contributed by atoms with van der Waals surface area (Å²) >= 11 is 6.03. The molecular formula is C17H19ClFN. The van der Waals surface area contributed by atoms with Crippen LogP contribution in [0.4, 0.5) is 10.1 Å². The van der Waals surface area contributed by atoms with Gasteiger partial charge >= 0.3 is 0 Å². The highest BCUT2D eigenvalue weighted by Gasteiger charge is 2.09. The highest BCUT2D eigenvalue weighted by molar-refractivity contribution is 6.33. The van der Waals surface area contributed by atoms with Crippen molar-refractivity contribution in [2.24, 2.45) is 0 Å². The Morgan fingerprint density at radius 2 is 1.55 bits per heavy atom. The van der Waals surface area contributed by atoms with Gasteiger partial charge in [0.05, 0.1) is 10.7 Å². The lowest BCUT2D eigenvalue weighted by Crippen LogP contribution is -2.07. The molecule has 2 rings (SSSR count). The fourth-order valence-corrected chi connectivity index (χ4v) is 2.31. The minimum Gasteiger partial charge on any atom is -0.377 e. The van der Waals surface area contributed by atoms with Gasteiger partial charge in [0.1, 0.15) is 5.82 Å². The molecule has 0 heterocycles. The molecule has 0 saturated carbocycles. The molecule has 0 spiro atoms. The Morgan fingerprint density at radius 1 is 0.950 bits per heavy atom. The van der Waals surface area contributed by atoms with Gasteiger partial charge in [0, 0.05) is 6.04 Å². The molecule has 2 aromatic rings. The minimum absolute atomic E-state index is 0.110. The van der Waals surface area contributed by atoms with Crippen LogP contribution in [0.2, 0.25) is 5.02 Å². The molecule has 0 radical (unpaired) electrons. The van der Waals surface area contributed by atoms with Crippen molar-refractivity contribution in [2.45, 2.75) is 32.7 Å². The van der Waals surface area contributed by atoms with Crippen LogP contribution in [0.25, 0.3) is 0 Å². The van der Waals surface area contributed by atoms with Crippen LogP contribution >= 0.6 is 11.6 Å². The second-order valence-electron chi connectivity index (χ2n) is 5.31. The van der Waals surface area contributed by atoms with Crippen molar-refractivity contribution < 1.29 is 4.39 Å². The molecule has 1 nitrogen and oxygen atoms in total. The van der Waals surface area contributed by atoms with E-state index in [4.69, 9.17) is 11.6 Å². The van der Waals surface area contributed by atoms with Gasteiger partial charge in [-0.3, -0.25) is 0 Å². The van der Waals surface area contributed by atoms with Crippen molar-refractivity contribution in [3.63, 3.8) is 0 Å². The van der Waals surface area contributed by atoms with Crippen molar-refractivity contribution in [3.05, 3.63) is 64.4 Å². The number of hydrogen-bond acceptors (Lipinski definition) is 1. The summed E-state index contributed by atoms with van der Waals surface area (Å²) < 4.78 is 13.0. The molecule has 20 heavy (non-hydrogen) atoms. The summed E-state index contributed by atoms with van der Waals surface area (Å²) in [6.07, 6.45) is 0. The lowest BCUT2D eigenvalue weighted by atomic mass is 9.99. The van der Waals surface area contributed by atoms with Gasteiger partial charge in [0.15, 0.2) is 0 Å². The third kappa shape index (κ3) is 3.51. The van der Waals surface area contributed by atoms with Crippen molar-refractivity contribution in [2.75, 3.05) is 5.32 Å². The third-order valence-electron chi connectivity index (χ3n) is 3.41. The number of benzene rings is 2. The third-order valence-corrected chi connectivity index (χ3v) is 3.72. The maximum Gasteiger partial charge on any atom is 0.124 e. The van der Waals surface area contributed by atoms with Crippen LogP contribution in [-0.2, 0) is 0 Å². The van der Waals surface area contributed by atoms with Gasteiger partial charge in [0.2, 0.25) is 0 Å². The second kappa shape index (κ2) is 6.27. The summed E-state index contributed by atoms with van der Waals surface area (Å²) in [6.45, 7) is 6.41. The topological polar surface area (TPSA) is 12.0 Å². The number of anilines is 1. The van der Waals surface area contributed by atoms with E-state index in [2.05, 4.69) is 50.4 Å². The number of nitrogens with one attached hydrogen (secondary N) is 1. The predicted molar refractivity (Wildman–Crippen MR) is 84.0 cm³/mol. The standard InChI is InChI=1S/C17H19ClFN/c1-11(2)13-4-6-14(7-5-13)12(3)20-17-9-8-15(19)10-16(17)18/h4-12,20H,1-3H3. The predicted octanol–water partition coefficient (Wildman–Crippen LogP) is 5.78. The Hall–Kier alpha value is -1.54. The van der Waals surface area contributed by atoms with Crippen LogP contribution in [0.3, 0.4) is 0 Å². The van der Waals surface area contributed by atoms with Gasteiger partial charge in [0.25, 0.3) is 0 Å². The van der Waals surface area contributed by atoms with E-state index in [1.165, 1.54) is 23.3 Å². The summed E-state index contributed by atoms with van der Waals surface area (Å²) in [5.74, 6) is 0.202. The zero-order valence-corrected chi connectivity index (χ0v) is 12.7. The average Bonchev–Trinajstić information content (AvgIpc) is 2.42. The molecule has 0 saturated heterocycles. The molecule has 0 amide bonds. The normalized spacial score (nSPS) is 12.5. The lowest BCUT2D eigenvalue weighted by Gasteiger charge is -2.17. The molecule has 1 N–H and O–H groups in total. The van der Waals surface area contributed by atoms with Crippen molar-refractivity contribution in [1.82, 2.24) is 0 Å². The second-order valence-corrected chi connectivity index (χ2v) is 5.72. The van der Waals surface area contributed by atoms with E-state index >= 15 is 0 Å². The van der Waals surface area contributed by atoms with Crippen LogP contribution in [-0.4, -0.2) is 0 Å². The van der Waals surface area contributed by atoms with E-state index in [-0.39, 0.29) is 11.9 Å². The maximum atomic E-state index is 13.0. The van der Waals surface area contributed by atoms with Crippen molar-refractivity contribution >= 4 is 17.3 Å². The Bertz CT molecular complexity index is 578. The SMILES string of the molecule is CC(C)c1ccc(C(C)Nc2ccc(F)cc2Cl)cc1. The maximum absolute atomic E-state index is 13.0. The van der Waals surface area contributed by atoms with Crippen LogP contribution in [0, 0.1) is 5.82 Å². The largest absolute Gasteiger partial charge is 0.377 e. The monoisotopic (exact) mass is 291 g/mol.